The molecular formula is C18H28N4O2S. The van der Waals surface area contributed by atoms with Gasteiger partial charge in [0.05, 0.1) is 12.2 Å². The van der Waals surface area contributed by atoms with Gasteiger partial charge in [0.1, 0.15) is 0 Å². The van der Waals surface area contributed by atoms with E-state index in [1.165, 1.54) is 56.2 Å². The highest BCUT2D eigenvalue weighted by atomic mass is 32.1. The third-order valence-corrected chi connectivity index (χ3v) is 6.10. The van der Waals surface area contributed by atoms with Crippen LogP contribution in [0.25, 0.3) is 0 Å². The number of thiazole rings is 1. The first-order valence-corrected chi connectivity index (χ1v) is 10.3. The molecule has 0 unspecified atom stereocenters. The lowest BCUT2D eigenvalue weighted by atomic mass is 10.0. The van der Waals surface area contributed by atoms with E-state index in [1.54, 1.807) is 11.3 Å². The minimum absolute atomic E-state index is 0.0270. The van der Waals surface area contributed by atoms with E-state index in [2.05, 4.69) is 20.9 Å². The Labute approximate surface area is 153 Å². The lowest BCUT2D eigenvalue weighted by molar-refractivity contribution is -0.115. The topological polar surface area (TPSA) is 83.1 Å². The van der Waals surface area contributed by atoms with Gasteiger partial charge < -0.3 is 16.0 Å². The van der Waals surface area contributed by atoms with E-state index < -0.39 is 0 Å². The molecule has 7 heteroatoms. The van der Waals surface area contributed by atoms with Crippen molar-refractivity contribution in [3.8, 4) is 0 Å². The third kappa shape index (κ3) is 5.70. The summed E-state index contributed by atoms with van der Waals surface area (Å²) < 4.78 is 0. The summed E-state index contributed by atoms with van der Waals surface area (Å²) in [4.78, 5) is 29.7. The molecule has 0 aromatic carbocycles. The van der Waals surface area contributed by atoms with Crippen molar-refractivity contribution >= 4 is 28.4 Å². The number of rotatable bonds is 5. The number of carbonyl (C=O) groups is 2. The number of nitrogens with one attached hydrogen (secondary N) is 3. The Kier molecular flexibility index (Phi) is 6.67. The van der Waals surface area contributed by atoms with Gasteiger partial charge in [-0.1, -0.05) is 25.7 Å². The van der Waals surface area contributed by atoms with Crippen LogP contribution in [0.2, 0.25) is 0 Å². The fourth-order valence-corrected chi connectivity index (χ4v) is 4.66. The van der Waals surface area contributed by atoms with Crippen LogP contribution in [0.5, 0.6) is 0 Å². The molecule has 0 spiro atoms. The van der Waals surface area contributed by atoms with Crippen molar-refractivity contribution in [1.29, 1.82) is 0 Å². The van der Waals surface area contributed by atoms with Gasteiger partial charge in [-0.15, -0.1) is 11.3 Å². The van der Waals surface area contributed by atoms with Crippen molar-refractivity contribution in [2.24, 2.45) is 5.92 Å². The molecule has 3 amide bonds. The molecule has 3 rings (SSSR count). The molecule has 1 heterocycles. The summed E-state index contributed by atoms with van der Waals surface area (Å²) in [6.07, 6.45) is 11.9. The van der Waals surface area contributed by atoms with Crippen molar-refractivity contribution in [1.82, 2.24) is 15.6 Å². The van der Waals surface area contributed by atoms with Crippen molar-refractivity contribution in [2.45, 2.75) is 64.2 Å². The number of nitrogens with zero attached hydrogens (tertiary/aromatic N) is 1. The van der Waals surface area contributed by atoms with E-state index in [0.29, 0.717) is 17.6 Å². The number of urea groups is 1. The zero-order valence-electron chi connectivity index (χ0n) is 14.7. The summed E-state index contributed by atoms with van der Waals surface area (Å²) in [5.74, 6) is 0.368. The minimum atomic E-state index is -0.270. The number of carbonyl (C=O) groups excluding carboxylic acids is 2. The maximum Gasteiger partial charge on any atom is 0.315 e. The largest absolute Gasteiger partial charge is 0.338 e. The highest BCUT2D eigenvalue weighted by Gasteiger charge is 2.17. The average Bonchev–Trinajstić information content (AvgIpc) is 3.21. The lowest BCUT2D eigenvalue weighted by Gasteiger charge is -2.11. The molecule has 1 saturated carbocycles. The Balaban J connectivity index is 1.39. The SMILES string of the molecule is O=C(CNC(=O)NCC1CCCC1)Nc1nc2c(s1)CCCCCC2. The van der Waals surface area contributed by atoms with Crippen molar-refractivity contribution in [3.63, 3.8) is 0 Å². The fraction of sp³-hybridized carbons (Fsp3) is 0.722. The van der Waals surface area contributed by atoms with Gasteiger partial charge in [-0.25, -0.2) is 9.78 Å². The van der Waals surface area contributed by atoms with Crippen LogP contribution in [-0.2, 0) is 17.6 Å². The van der Waals surface area contributed by atoms with Gasteiger partial charge in [-0.05, 0) is 44.4 Å². The summed E-state index contributed by atoms with van der Waals surface area (Å²) in [5.41, 5.74) is 1.14. The van der Waals surface area contributed by atoms with Crippen molar-refractivity contribution in [3.05, 3.63) is 10.6 Å². The van der Waals surface area contributed by atoms with E-state index in [4.69, 9.17) is 0 Å². The monoisotopic (exact) mass is 364 g/mol. The zero-order valence-corrected chi connectivity index (χ0v) is 15.6. The van der Waals surface area contributed by atoms with E-state index in [9.17, 15) is 9.59 Å². The predicted octanol–water partition coefficient (Wildman–Crippen LogP) is 3.23. The number of anilines is 1. The standard InChI is InChI=1S/C18H28N4O2S/c23-16(12-20-17(24)19-11-13-7-5-6-8-13)22-18-21-14-9-3-1-2-4-10-15(14)25-18/h13H,1-12H2,(H2,19,20,24)(H,21,22,23). The van der Waals surface area contributed by atoms with Crippen LogP contribution in [0.4, 0.5) is 9.93 Å². The number of fused-ring (bicyclic) bond motifs is 1. The minimum Gasteiger partial charge on any atom is -0.338 e. The van der Waals surface area contributed by atoms with E-state index in [0.717, 1.165) is 18.5 Å². The fourth-order valence-electron chi connectivity index (χ4n) is 3.60. The lowest BCUT2D eigenvalue weighted by Crippen LogP contribution is -2.41. The molecule has 2 aliphatic rings. The van der Waals surface area contributed by atoms with E-state index >= 15 is 0 Å². The number of aromatic nitrogens is 1. The van der Waals surface area contributed by atoms with Crippen molar-refractivity contribution in [2.75, 3.05) is 18.4 Å². The molecule has 1 fully saturated rings. The maximum absolute atomic E-state index is 12.0. The number of hydrogen-bond acceptors (Lipinski definition) is 4. The second-order valence-corrected chi connectivity index (χ2v) is 8.15. The van der Waals surface area contributed by atoms with Crippen LogP contribution in [0.15, 0.2) is 0 Å². The van der Waals surface area contributed by atoms with Gasteiger partial charge in [0.25, 0.3) is 0 Å². The molecule has 0 bridgehead atoms. The van der Waals surface area contributed by atoms with Gasteiger partial charge >= 0.3 is 6.03 Å². The molecule has 1 aromatic rings. The molecule has 1 aromatic heterocycles. The molecule has 25 heavy (non-hydrogen) atoms. The van der Waals surface area contributed by atoms with Gasteiger partial charge in [0.15, 0.2) is 5.13 Å². The molecule has 2 aliphatic carbocycles. The third-order valence-electron chi connectivity index (χ3n) is 5.03. The van der Waals surface area contributed by atoms with E-state index in [1.807, 2.05) is 0 Å². The maximum atomic E-state index is 12.0. The first-order chi connectivity index (χ1) is 12.2. The van der Waals surface area contributed by atoms with Crippen LogP contribution in [-0.4, -0.2) is 30.0 Å². The summed E-state index contributed by atoms with van der Waals surface area (Å²) in [6, 6.07) is -0.270. The second-order valence-electron chi connectivity index (χ2n) is 7.07. The van der Waals surface area contributed by atoms with E-state index in [-0.39, 0.29) is 18.5 Å². The molecule has 3 N–H and O–H groups in total. The first-order valence-electron chi connectivity index (χ1n) is 9.51. The summed E-state index contributed by atoms with van der Waals surface area (Å²) in [7, 11) is 0. The highest BCUT2D eigenvalue weighted by Crippen LogP contribution is 2.28. The molecule has 0 saturated heterocycles. The van der Waals surface area contributed by atoms with Gasteiger partial charge in [0.2, 0.25) is 5.91 Å². The Morgan fingerprint density at radius 1 is 1.00 bits per heavy atom. The zero-order chi connectivity index (χ0) is 17.5. The molecule has 138 valence electrons. The molecule has 0 radical (unpaired) electrons. The Bertz CT molecular complexity index is 570. The van der Waals surface area contributed by atoms with Gasteiger partial charge in [-0.3, -0.25) is 4.79 Å². The predicted molar refractivity (Wildman–Crippen MR) is 100.0 cm³/mol. The molecule has 0 aliphatic heterocycles. The second kappa shape index (κ2) is 9.17. The Morgan fingerprint density at radius 3 is 2.56 bits per heavy atom. The van der Waals surface area contributed by atoms with Crippen molar-refractivity contribution < 1.29 is 9.59 Å². The highest BCUT2D eigenvalue weighted by molar-refractivity contribution is 7.15. The molecular weight excluding hydrogens is 336 g/mol. The van der Waals surface area contributed by atoms with Gasteiger partial charge in [0, 0.05) is 11.4 Å². The first kappa shape index (κ1) is 18.2. The van der Waals surface area contributed by atoms with Crippen LogP contribution in [0.1, 0.15) is 61.9 Å². The summed E-state index contributed by atoms with van der Waals surface area (Å²) in [5, 5.41) is 8.95. The Morgan fingerprint density at radius 2 is 1.76 bits per heavy atom. The molecule has 0 atom stereocenters. The summed E-state index contributed by atoms with van der Waals surface area (Å²) in [6.45, 7) is 0.674. The quantitative estimate of drug-likeness (QED) is 0.750. The Hall–Kier alpha value is -1.63. The van der Waals surface area contributed by atoms with Crippen LogP contribution in [0, 0.1) is 5.92 Å². The summed E-state index contributed by atoms with van der Waals surface area (Å²) >= 11 is 1.58. The average molecular weight is 365 g/mol. The van der Waals surface area contributed by atoms with Crippen LogP contribution >= 0.6 is 11.3 Å². The normalized spacial score (nSPS) is 18.1. The van der Waals surface area contributed by atoms with Gasteiger partial charge in [-0.2, -0.15) is 0 Å². The van der Waals surface area contributed by atoms with Crippen LogP contribution < -0.4 is 16.0 Å². The number of amides is 3. The number of hydrogen-bond donors (Lipinski definition) is 3. The number of aryl methyl sites for hydroxylation is 2. The van der Waals surface area contributed by atoms with Crippen LogP contribution in [0.3, 0.4) is 0 Å². The smallest absolute Gasteiger partial charge is 0.315 e. The molecule has 6 nitrogen and oxygen atoms in total.